The monoisotopic (exact) mass is 232 g/mol. The first-order valence-electron chi connectivity index (χ1n) is 5.61. The summed E-state index contributed by atoms with van der Waals surface area (Å²) in [5.74, 6) is -0.151. The van der Waals surface area contributed by atoms with Crippen LogP contribution >= 0.6 is 0 Å². The quantitative estimate of drug-likeness (QED) is 0.748. The molecule has 3 N–H and O–H groups in total. The molecule has 0 radical (unpaired) electrons. The predicted molar refractivity (Wildman–Crippen MR) is 67.2 cm³/mol. The lowest BCUT2D eigenvalue weighted by Gasteiger charge is -2.01. The van der Waals surface area contributed by atoms with E-state index in [1.165, 1.54) is 0 Å². The van der Waals surface area contributed by atoms with Crippen LogP contribution in [0.4, 0.5) is 0 Å². The van der Waals surface area contributed by atoms with Gasteiger partial charge in [-0.3, -0.25) is 4.79 Å². The first kappa shape index (κ1) is 11.7. The van der Waals surface area contributed by atoms with Gasteiger partial charge in [-0.1, -0.05) is 11.6 Å². The van der Waals surface area contributed by atoms with Crippen molar-refractivity contribution >= 4 is 16.8 Å². The average Bonchev–Trinajstić information content (AvgIpc) is 2.67. The number of H-pyrrole nitrogens is 1. The zero-order valence-corrected chi connectivity index (χ0v) is 10.0. The van der Waals surface area contributed by atoms with Gasteiger partial charge in [0.25, 0.3) is 5.91 Å². The van der Waals surface area contributed by atoms with Gasteiger partial charge >= 0.3 is 0 Å². The van der Waals surface area contributed by atoms with E-state index in [1.807, 2.05) is 25.1 Å². The molecule has 0 bridgehead atoms. The van der Waals surface area contributed by atoms with E-state index >= 15 is 0 Å². The molecule has 0 saturated carbocycles. The molecule has 2 rings (SSSR count). The number of nitrogens with one attached hydrogen (secondary N) is 2. The molecule has 4 heteroatoms. The first-order valence-corrected chi connectivity index (χ1v) is 5.61. The number of hydrogen-bond acceptors (Lipinski definition) is 2. The van der Waals surface area contributed by atoms with Crippen molar-refractivity contribution in [1.82, 2.24) is 10.3 Å². The van der Waals surface area contributed by atoms with Crippen molar-refractivity contribution in [3.63, 3.8) is 0 Å². The number of aromatic nitrogens is 1. The number of rotatable bonds is 3. The van der Waals surface area contributed by atoms with Crippen molar-refractivity contribution in [2.75, 3.05) is 13.7 Å². The molecule has 1 aromatic heterocycles. The molecule has 0 aliphatic heterocycles. The Morgan fingerprint density at radius 3 is 2.88 bits per heavy atom. The molecule has 90 valence electrons. The van der Waals surface area contributed by atoms with E-state index in [9.17, 15) is 4.79 Å². The highest BCUT2D eigenvalue weighted by molar-refractivity contribution is 6.01. The van der Waals surface area contributed by atoms with E-state index in [1.54, 1.807) is 7.05 Å². The number of carbonyl (C=O) groups excluding carboxylic acids is 1. The van der Waals surface area contributed by atoms with Gasteiger partial charge < -0.3 is 15.4 Å². The van der Waals surface area contributed by atoms with E-state index in [0.29, 0.717) is 12.1 Å². The summed E-state index contributed by atoms with van der Waals surface area (Å²) in [5.41, 5.74) is 3.49. The summed E-state index contributed by atoms with van der Waals surface area (Å²) in [6.07, 6.45) is 0.478. The average molecular weight is 232 g/mol. The van der Waals surface area contributed by atoms with Gasteiger partial charge in [-0.15, -0.1) is 0 Å². The zero-order chi connectivity index (χ0) is 12.4. The topological polar surface area (TPSA) is 65.1 Å². The van der Waals surface area contributed by atoms with Crippen LogP contribution < -0.4 is 5.32 Å². The van der Waals surface area contributed by atoms with Crippen molar-refractivity contribution in [3.05, 3.63) is 35.0 Å². The predicted octanol–water partition coefficient (Wildman–Crippen LogP) is 1.37. The van der Waals surface area contributed by atoms with Crippen LogP contribution in [0.3, 0.4) is 0 Å². The van der Waals surface area contributed by atoms with Crippen LogP contribution in [0, 0.1) is 6.92 Å². The first-order chi connectivity index (χ1) is 8.17. The lowest BCUT2D eigenvalue weighted by molar-refractivity contribution is 0.0958. The van der Waals surface area contributed by atoms with Crippen molar-refractivity contribution in [2.45, 2.75) is 13.3 Å². The highest BCUT2D eigenvalue weighted by Crippen LogP contribution is 2.24. The van der Waals surface area contributed by atoms with Gasteiger partial charge in [-0.25, -0.2) is 0 Å². The Morgan fingerprint density at radius 1 is 1.47 bits per heavy atom. The van der Waals surface area contributed by atoms with Crippen LogP contribution in [0.15, 0.2) is 18.2 Å². The number of benzene rings is 1. The molecule has 0 saturated heterocycles. The Bertz CT molecular complexity index is 558. The third-order valence-corrected chi connectivity index (χ3v) is 2.88. The molecule has 2 aromatic rings. The third-order valence-electron chi connectivity index (χ3n) is 2.88. The molecule has 0 atom stereocenters. The second-order valence-corrected chi connectivity index (χ2v) is 4.08. The Kier molecular flexibility index (Phi) is 3.15. The largest absolute Gasteiger partial charge is 0.396 e. The number of hydrogen-bond donors (Lipinski definition) is 3. The highest BCUT2D eigenvalue weighted by Gasteiger charge is 2.16. The molecule has 17 heavy (non-hydrogen) atoms. The van der Waals surface area contributed by atoms with Crippen LogP contribution in [0.25, 0.3) is 10.9 Å². The molecule has 1 aromatic carbocycles. The van der Waals surface area contributed by atoms with E-state index in [4.69, 9.17) is 5.11 Å². The minimum Gasteiger partial charge on any atom is -0.396 e. The van der Waals surface area contributed by atoms with Crippen molar-refractivity contribution in [3.8, 4) is 0 Å². The van der Waals surface area contributed by atoms with E-state index in [2.05, 4.69) is 10.3 Å². The maximum atomic E-state index is 11.7. The summed E-state index contributed by atoms with van der Waals surface area (Å²) in [5, 5.41) is 12.7. The molecule has 0 fully saturated rings. The number of aryl methyl sites for hydroxylation is 1. The van der Waals surface area contributed by atoms with Gasteiger partial charge in [0.1, 0.15) is 5.69 Å². The summed E-state index contributed by atoms with van der Waals surface area (Å²) in [6, 6.07) is 5.98. The number of aromatic amines is 1. The smallest absolute Gasteiger partial charge is 0.267 e. The number of fused-ring (bicyclic) bond motifs is 1. The lowest BCUT2D eigenvalue weighted by atomic mass is 10.1. The fourth-order valence-electron chi connectivity index (χ4n) is 2.05. The second kappa shape index (κ2) is 4.59. The Labute approximate surface area is 99.7 Å². The highest BCUT2D eigenvalue weighted by atomic mass is 16.3. The van der Waals surface area contributed by atoms with Crippen LogP contribution in [0.5, 0.6) is 0 Å². The summed E-state index contributed by atoms with van der Waals surface area (Å²) in [4.78, 5) is 14.8. The van der Waals surface area contributed by atoms with Gasteiger partial charge in [-0.2, -0.15) is 0 Å². The number of carbonyl (C=O) groups is 1. The molecule has 1 amide bonds. The number of aliphatic hydroxyl groups excluding tert-OH is 1. The van der Waals surface area contributed by atoms with Gasteiger partial charge in [0.15, 0.2) is 0 Å². The lowest BCUT2D eigenvalue weighted by Crippen LogP contribution is -2.19. The molecule has 0 spiro atoms. The maximum absolute atomic E-state index is 11.7. The Hall–Kier alpha value is -1.81. The number of amides is 1. The van der Waals surface area contributed by atoms with Gasteiger partial charge in [-0.05, 0) is 31.0 Å². The molecular formula is C13H16N2O2. The molecular weight excluding hydrogens is 216 g/mol. The molecule has 0 aliphatic carbocycles. The van der Waals surface area contributed by atoms with E-state index < -0.39 is 0 Å². The summed E-state index contributed by atoms with van der Waals surface area (Å²) in [6.45, 7) is 2.04. The Balaban J connectivity index is 2.66. The minimum atomic E-state index is -0.151. The molecule has 0 unspecified atom stereocenters. The molecule has 1 heterocycles. The normalized spacial score (nSPS) is 10.8. The van der Waals surface area contributed by atoms with Crippen LogP contribution in [-0.4, -0.2) is 29.7 Å². The van der Waals surface area contributed by atoms with Crippen LogP contribution in [0.1, 0.15) is 21.6 Å². The SMILES string of the molecule is CNC(=O)c1[nH]c2ccc(C)cc2c1CCO. The minimum absolute atomic E-state index is 0.0326. The second-order valence-electron chi connectivity index (χ2n) is 4.08. The number of aliphatic hydroxyl groups is 1. The maximum Gasteiger partial charge on any atom is 0.267 e. The standard InChI is InChI=1S/C13H16N2O2/c1-8-3-4-11-10(7-8)9(5-6-16)12(15-11)13(17)14-2/h3-4,7,15-16H,5-6H2,1-2H3,(H,14,17). The van der Waals surface area contributed by atoms with Gasteiger partial charge in [0.05, 0.1) is 0 Å². The van der Waals surface area contributed by atoms with Crippen molar-refractivity contribution in [1.29, 1.82) is 0 Å². The molecule has 4 nitrogen and oxygen atoms in total. The van der Waals surface area contributed by atoms with Crippen molar-refractivity contribution < 1.29 is 9.90 Å². The fourth-order valence-corrected chi connectivity index (χ4v) is 2.05. The van der Waals surface area contributed by atoms with Crippen LogP contribution in [0.2, 0.25) is 0 Å². The van der Waals surface area contributed by atoms with Gasteiger partial charge in [0, 0.05) is 24.6 Å². The Morgan fingerprint density at radius 2 is 2.24 bits per heavy atom. The van der Waals surface area contributed by atoms with Crippen LogP contribution in [-0.2, 0) is 6.42 Å². The molecule has 0 aliphatic rings. The van der Waals surface area contributed by atoms with E-state index in [0.717, 1.165) is 22.0 Å². The fraction of sp³-hybridized carbons (Fsp3) is 0.308. The third kappa shape index (κ3) is 2.03. The summed E-state index contributed by atoms with van der Waals surface area (Å²) < 4.78 is 0. The summed E-state index contributed by atoms with van der Waals surface area (Å²) in [7, 11) is 1.60. The van der Waals surface area contributed by atoms with Crippen molar-refractivity contribution in [2.24, 2.45) is 0 Å². The zero-order valence-electron chi connectivity index (χ0n) is 10.0. The summed E-state index contributed by atoms with van der Waals surface area (Å²) >= 11 is 0. The van der Waals surface area contributed by atoms with E-state index in [-0.39, 0.29) is 12.5 Å². The van der Waals surface area contributed by atoms with Gasteiger partial charge in [0.2, 0.25) is 0 Å².